The van der Waals surface area contributed by atoms with Crippen molar-refractivity contribution >= 4 is 17.9 Å². The zero-order chi connectivity index (χ0) is 13.9. The first-order valence-electron chi connectivity index (χ1n) is 6.89. The zero-order valence-electron chi connectivity index (χ0n) is 12.3. The van der Waals surface area contributed by atoms with Crippen LogP contribution in [0.5, 0.6) is 0 Å². The van der Waals surface area contributed by atoms with Crippen LogP contribution in [0.1, 0.15) is 53.0 Å². The molecule has 0 unspecified atom stereocenters. The average Bonchev–Trinajstić information content (AvgIpc) is 2.30. The molecule has 1 aromatic rings. The van der Waals surface area contributed by atoms with Crippen molar-refractivity contribution in [1.82, 2.24) is 0 Å². The Kier molecular flexibility index (Phi) is 5.09. The van der Waals surface area contributed by atoms with Crippen molar-refractivity contribution in [3.05, 3.63) is 20.3 Å². The Balaban J connectivity index is 2.76. The second-order valence-corrected chi connectivity index (χ2v) is 6.48. The fraction of sp³-hybridized carbons (Fsp3) is 0.733. The molecule has 0 aliphatic heterocycles. The number of nitrogens with zero attached hydrogens (tertiary/aromatic N) is 1. The predicted octanol–water partition coefficient (Wildman–Crippen LogP) is 3.87. The molecule has 0 N–H and O–H groups in total. The van der Waals surface area contributed by atoms with E-state index in [1.165, 1.54) is 6.42 Å². The van der Waals surface area contributed by atoms with Gasteiger partial charge >= 0.3 is 0 Å². The van der Waals surface area contributed by atoms with Gasteiger partial charge in [-0.3, -0.25) is 4.79 Å². The fourth-order valence-electron chi connectivity index (χ4n) is 2.33. The van der Waals surface area contributed by atoms with Crippen molar-refractivity contribution in [2.75, 3.05) is 18.0 Å². The number of hydrogen-bond donors (Lipinski definition) is 0. The van der Waals surface area contributed by atoms with E-state index < -0.39 is 0 Å². The Hall–Kier alpha value is -0.700. The third-order valence-electron chi connectivity index (χ3n) is 3.41. The minimum Gasteiger partial charge on any atom is -0.369 e. The summed E-state index contributed by atoms with van der Waals surface area (Å²) in [5.41, 5.74) is 2.45. The summed E-state index contributed by atoms with van der Waals surface area (Å²) in [6, 6.07) is 0. The van der Waals surface area contributed by atoms with E-state index in [1.807, 2.05) is 0 Å². The Morgan fingerprint density at radius 2 is 1.72 bits per heavy atom. The first-order chi connectivity index (χ1) is 8.31. The van der Waals surface area contributed by atoms with Gasteiger partial charge in [0.1, 0.15) is 0 Å². The summed E-state index contributed by atoms with van der Waals surface area (Å²) in [4.78, 5) is 14.0. The molecule has 0 saturated heterocycles. The molecule has 0 fully saturated rings. The summed E-state index contributed by atoms with van der Waals surface area (Å²) < 4.78 is 0.575. The number of anilines is 1. The first-order valence-corrected chi connectivity index (χ1v) is 7.29. The van der Waals surface area contributed by atoms with Crippen LogP contribution in [0.4, 0.5) is 5.69 Å². The van der Waals surface area contributed by atoms with Gasteiger partial charge in [-0.15, -0.1) is 0 Å². The molecule has 0 radical (unpaired) electrons. The molecule has 0 heterocycles. The largest absolute Gasteiger partial charge is 0.369 e. The minimum absolute atomic E-state index is 0.0828. The Morgan fingerprint density at radius 1 is 1.17 bits per heavy atom. The lowest BCUT2D eigenvalue weighted by atomic mass is 9.88. The van der Waals surface area contributed by atoms with Gasteiger partial charge < -0.3 is 4.90 Å². The van der Waals surface area contributed by atoms with Crippen molar-refractivity contribution in [2.45, 2.75) is 53.9 Å². The van der Waals surface area contributed by atoms with Gasteiger partial charge in [0.2, 0.25) is 5.43 Å². The van der Waals surface area contributed by atoms with Gasteiger partial charge in [-0.2, -0.15) is 0 Å². The molecule has 1 aromatic carbocycles. The average molecular weight is 267 g/mol. The summed E-state index contributed by atoms with van der Waals surface area (Å²) in [6.45, 7) is 12.7. The Labute approximate surface area is 116 Å². The van der Waals surface area contributed by atoms with Crippen LogP contribution in [0.3, 0.4) is 0 Å². The molecule has 0 saturated carbocycles. The molecule has 0 aliphatic rings. The third-order valence-corrected chi connectivity index (χ3v) is 3.85. The van der Waals surface area contributed by atoms with Gasteiger partial charge in [-0.05, 0) is 38.5 Å². The Bertz CT molecular complexity index is 459. The van der Waals surface area contributed by atoms with E-state index in [2.05, 4.69) is 39.5 Å². The molecular formula is C15H25NOS. The van der Waals surface area contributed by atoms with E-state index in [4.69, 9.17) is 12.2 Å². The van der Waals surface area contributed by atoms with Crippen LogP contribution in [-0.2, 0) is 6.42 Å². The third kappa shape index (κ3) is 3.41. The molecule has 18 heavy (non-hydrogen) atoms. The van der Waals surface area contributed by atoms with Gasteiger partial charge in [0.25, 0.3) is 0 Å². The molecule has 0 spiro atoms. The van der Waals surface area contributed by atoms with Gasteiger partial charge in [0.05, 0.1) is 10.2 Å². The van der Waals surface area contributed by atoms with Crippen molar-refractivity contribution in [2.24, 2.45) is 5.41 Å². The summed E-state index contributed by atoms with van der Waals surface area (Å²) in [5, 5.41) is 0. The van der Waals surface area contributed by atoms with Crippen molar-refractivity contribution in [3.8, 4) is 0 Å². The molecule has 1 rings (SSSR count). The van der Waals surface area contributed by atoms with Crippen LogP contribution in [0.25, 0.3) is 0 Å². The number of rotatable bonds is 6. The molecule has 0 aliphatic carbocycles. The number of hydrogen-bond acceptors (Lipinski definition) is 3. The van der Waals surface area contributed by atoms with E-state index >= 15 is 0 Å². The van der Waals surface area contributed by atoms with E-state index in [-0.39, 0.29) is 5.43 Å². The zero-order valence-corrected chi connectivity index (χ0v) is 13.1. The summed E-state index contributed by atoms with van der Waals surface area (Å²) in [7, 11) is 0. The lowest BCUT2D eigenvalue weighted by molar-refractivity contribution is 0.365. The molecule has 3 heteroatoms. The smallest absolute Gasteiger partial charge is 0.220 e. The summed E-state index contributed by atoms with van der Waals surface area (Å²) >= 11 is 5.19. The van der Waals surface area contributed by atoms with E-state index in [0.717, 1.165) is 37.2 Å². The highest BCUT2D eigenvalue weighted by Crippen LogP contribution is 2.26. The van der Waals surface area contributed by atoms with Crippen molar-refractivity contribution < 1.29 is 0 Å². The summed E-state index contributed by atoms with van der Waals surface area (Å²) in [6.07, 6.45) is 3.23. The maximum absolute atomic E-state index is 11.9. The van der Waals surface area contributed by atoms with Gasteiger partial charge in [0, 0.05) is 18.7 Å². The predicted molar refractivity (Wildman–Crippen MR) is 81.9 cm³/mol. The SMILES string of the molecule is CCN(CC)c1c(CCCC(C)(C)C)c(=S)c1=O. The normalized spacial score (nSPS) is 12.1. The lowest BCUT2D eigenvalue weighted by Gasteiger charge is -2.26. The molecule has 0 aromatic heterocycles. The molecule has 0 atom stereocenters. The van der Waals surface area contributed by atoms with Crippen LogP contribution < -0.4 is 10.3 Å². The Morgan fingerprint density at radius 3 is 2.17 bits per heavy atom. The van der Waals surface area contributed by atoms with E-state index in [0.29, 0.717) is 9.93 Å². The maximum Gasteiger partial charge on any atom is 0.220 e. The fourth-order valence-corrected chi connectivity index (χ4v) is 2.62. The minimum atomic E-state index is 0.0828. The van der Waals surface area contributed by atoms with Crippen LogP contribution in [-0.4, -0.2) is 13.1 Å². The first kappa shape index (κ1) is 15.4. The topological polar surface area (TPSA) is 20.3 Å². The highest BCUT2D eigenvalue weighted by atomic mass is 32.1. The summed E-state index contributed by atoms with van der Waals surface area (Å²) in [5.74, 6) is 0. The standard InChI is InChI=1S/C15H25NOS/c1-6-16(7-2)12-11(14(18)13(12)17)9-8-10-15(3,4)5/h6-10H2,1-5H3. The maximum atomic E-state index is 11.9. The van der Waals surface area contributed by atoms with Gasteiger partial charge in [-0.1, -0.05) is 33.0 Å². The molecular weight excluding hydrogens is 242 g/mol. The molecule has 0 amide bonds. The van der Waals surface area contributed by atoms with Crippen molar-refractivity contribution in [1.29, 1.82) is 0 Å². The molecule has 2 nitrogen and oxygen atoms in total. The second kappa shape index (κ2) is 5.96. The van der Waals surface area contributed by atoms with Gasteiger partial charge in [-0.25, -0.2) is 0 Å². The quantitative estimate of drug-likeness (QED) is 0.730. The van der Waals surface area contributed by atoms with Crippen molar-refractivity contribution in [3.63, 3.8) is 0 Å². The van der Waals surface area contributed by atoms with Crippen LogP contribution in [0.15, 0.2) is 4.79 Å². The highest BCUT2D eigenvalue weighted by Gasteiger charge is 2.21. The van der Waals surface area contributed by atoms with Gasteiger partial charge in [0.15, 0.2) is 0 Å². The van der Waals surface area contributed by atoms with Crippen LogP contribution >= 0.6 is 12.2 Å². The second-order valence-electron chi connectivity index (χ2n) is 6.07. The highest BCUT2D eigenvalue weighted by molar-refractivity contribution is 7.71. The lowest BCUT2D eigenvalue weighted by Crippen LogP contribution is -2.33. The van der Waals surface area contributed by atoms with Crippen LogP contribution in [0.2, 0.25) is 0 Å². The van der Waals surface area contributed by atoms with E-state index in [1.54, 1.807) is 0 Å². The monoisotopic (exact) mass is 267 g/mol. The molecule has 0 bridgehead atoms. The van der Waals surface area contributed by atoms with Crippen LogP contribution in [0, 0.1) is 9.93 Å². The van der Waals surface area contributed by atoms with E-state index in [9.17, 15) is 4.79 Å². The molecule has 102 valence electrons.